The van der Waals surface area contributed by atoms with Crippen molar-refractivity contribution in [2.45, 2.75) is 31.1 Å². The SMILES string of the molecule is COc1ccc(CNc2ncnc3c2ncn3C2O[C@H](CO)[C@@H](O)[C@H]2O)c(O)c1O. The maximum Gasteiger partial charge on any atom is 0.200 e. The van der Waals surface area contributed by atoms with Crippen LogP contribution in [0.1, 0.15) is 11.8 Å². The molecule has 12 nitrogen and oxygen atoms in total. The number of aliphatic hydroxyl groups is 3. The third-order valence-electron chi connectivity index (χ3n) is 5.01. The average Bonchev–Trinajstić information content (AvgIpc) is 3.30. The van der Waals surface area contributed by atoms with Gasteiger partial charge in [0.15, 0.2) is 34.7 Å². The van der Waals surface area contributed by atoms with Crippen molar-refractivity contribution >= 4 is 17.0 Å². The highest BCUT2D eigenvalue weighted by Gasteiger charge is 2.44. The van der Waals surface area contributed by atoms with Crippen LogP contribution < -0.4 is 10.1 Å². The Kier molecular flexibility index (Phi) is 5.30. The van der Waals surface area contributed by atoms with Crippen LogP contribution in [0.2, 0.25) is 0 Å². The van der Waals surface area contributed by atoms with E-state index in [1.807, 2.05) is 0 Å². The van der Waals surface area contributed by atoms with E-state index in [-0.39, 0.29) is 23.8 Å². The van der Waals surface area contributed by atoms with Crippen LogP contribution in [0.25, 0.3) is 11.2 Å². The summed E-state index contributed by atoms with van der Waals surface area (Å²) in [5.41, 5.74) is 1.11. The standard InChI is InChI=1S/C18H21N5O7/c1-29-9-3-2-8(12(25)13(9)26)4-19-16-11-17(21-6-20-16)23(7-22-11)18-15(28)14(27)10(5-24)30-18/h2-3,6-7,10,14-15,18,24-28H,4-5H2,1H3,(H,19,20,21)/t10-,14-,15-,18?/m1/s1. The van der Waals surface area contributed by atoms with Crippen LogP contribution in [0.15, 0.2) is 24.8 Å². The highest BCUT2D eigenvalue weighted by atomic mass is 16.6. The van der Waals surface area contributed by atoms with Gasteiger partial charge in [0.1, 0.15) is 24.6 Å². The maximum absolute atomic E-state index is 10.3. The molecule has 6 N–H and O–H groups in total. The first kappa shape index (κ1) is 20.1. The molecule has 1 aliphatic rings. The number of ether oxygens (including phenoxy) is 2. The Morgan fingerprint density at radius 3 is 2.63 bits per heavy atom. The average molecular weight is 419 g/mol. The number of aromatic nitrogens is 4. The van der Waals surface area contributed by atoms with E-state index in [0.717, 1.165) is 0 Å². The molecule has 4 rings (SSSR count). The van der Waals surface area contributed by atoms with Gasteiger partial charge in [-0.2, -0.15) is 0 Å². The van der Waals surface area contributed by atoms with Crippen molar-refractivity contribution in [1.82, 2.24) is 19.5 Å². The predicted molar refractivity (Wildman–Crippen MR) is 102 cm³/mol. The Bertz CT molecular complexity index is 1060. The molecule has 1 fully saturated rings. The number of nitrogens with zero attached hydrogens (tertiary/aromatic N) is 4. The third-order valence-corrected chi connectivity index (χ3v) is 5.01. The molecule has 3 heterocycles. The van der Waals surface area contributed by atoms with E-state index in [0.29, 0.717) is 22.5 Å². The lowest BCUT2D eigenvalue weighted by Crippen LogP contribution is -2.33. The molecule has 3 aromatic rings. The van der Waals surface area contributed by atoms with Crippen LogP contribution in [0.4, 0.5) is 5.82 Å². The quantitative estimate of drug-likeness (QED) is 0.283. The van der Waals surface area contributed by atoms with E-state index in [2.05, 4.69) is 20.3 Å². The van der Waals surface area contributed by atoms with E-state index >= 15 is 0 Å². The first-order valence-corrected chi connectivity index (χ1v) is 9.08. The van der Waals surface area contributed by atoms with Gasteiger partial charge in [0.25, 0.3) is 0 Å². The van der Waals surface area contributed by atoms with Gasteiger partial charge in [-0.25, -0.2) is 15.0 Å². The second-order valence-corrected chi connectivity index (χ2v) is 6.75. The maximum atomic E-state index is 10.3. The first-order chi connectivity index (χ1) is 14.5. The highest BCUT2D eigenvalue weighted by molar-refractivity contribution is 5.82. The van der Waals surface area contributed by atoms with Crippen LogP contribution in [-0.2, 0) is 11.3 Å². The fourth-order valence-electron chi connectivity index (χ4n) is 3.37. The van der Waals surface area contributed by atoms with Crippen LogP contribution >= 0.6 is 0 Å². The molecule has 1 unspecified atom stereocenters. The van der Waals surface area contributed by atoms with Gasteiger partial charge in [-0.3, -0.25) is 4.57 Å². The van der Waals surface area contributed by atoms with Crippen molar-refractivity contribution in [1.29, 1.82) is 0 Å². The predicted octanol–water partition coefficient (Wildman–Crippen LogP) is -0.530. The molecule has 0 bridgehead atoms. The number of nitrogens with one attached hydrogen (secondary N) is 1. The normalized spacial score (nSPS) is 23.7. The molecule has 1 aromatic carbocycles. The minimum absolute atomic E-state index is 0.121. The molecule has 0 aliphatic carbocycles. The molecule has 0 radical (unpaired) electrons. The fraction of sp³-hybridized carbons (Fsp3) is 0.389. The summed E-state index contributed by atoms with van der Waals surface area (Å²) in [4.78, 5) is 12.6. The summed E-state index contributed by atoms with van der Waals surface area (Å²) in [7, 11) is 1.38. The number of methoxy groups -OCH3 is 1. The second kappa shape index (κ2) is 7.91. The van der Waals surface area contributed by atoms with Crippen LogP contribution in [-0.4, -0.2) is 77.1 Å². The van der Waals surface area contributed by atoms with Crippen molar-refractivity contribution in [3.8, 4) is 17.2 Å². The molecular weight excluding hydrogens is 398 g/mol. The molecule has 2 aromatic heterocycles. The van der Waals surface area contributed by atoms with Gasteiger partial charge in [0.2, 0.25) is 5.75 Å². The Labute approximate surface area is 170 Å². The monoisotopic (exact) mass is 419 g/mol. The van der Waals surface area contributed by atoms with E-state index in [1.54, 1.807) is 6.07 Å². The fourth-order valence-corrected chi connectivity index (χ4v) is 3.37. The number of aliphatic hydroxyl groups excluding tert-OH is 3. The number of anilines is 1. The molecule has 0 saturated carbocycles. The number of benzene rings is 1. The summed E-state index contributed by atoms with van der Waals surface area (Å²) in [5, 5.41) is 52.6. The van der Waals surface area contributed by atoms with E-state index < -0.39 is 31.1 Å². The van der Waals surface area contributed by atoms with Gasteiger partial charge in [-0.15, -0.1) is 0 Å². The molecular formula is C18H21N5O7. The zero-order valence-corrected chi connectivity index (χ0v) is 15.9. The summed E-state index contributed by atoms with van der Waals surface area (Å²) >= 11 is 0. The number of phenolic OH excluding ortho intramolecular Hbond substituents is 2. The lowest BCUT2D eigenvalue weighted by atomic mass is 10.1. The molecule has 0 spiro atoms. The van der Waals surface area contributed by atoms with Crippen molar-refractivity contribution in [3.63, 3.8) is 0 Å². The highest BCUT2D eigenvalue weighted by Crippen LogP contribution is 2.38. The smallest absolute Gasteiger partial charge is 0.200 e. The summed E-state index contributed by atoms with van der Waals surface area (Å²) in [6.45, 7) is -0.322. The molecule has 0 amide bonds. The number of phenols is 2. The lowest BCUT2D eigenvalue weighted by molar-refractivity contribution is -0.0511. The Hall–Kier alpha value is -3.19. The van der Waals surface area contributed by atoms with E-state index in [1.165, 1.54) is 30.4 Å². The number of aromatic hydroxyl groups is 2. The molecule has 1 aliphatic heterocycles. The Morgan fingerprint density at radius 1 is 1.13 bits per heavy atom. The van der Waals surface area contributed by atoms with Crippen LogP contribution in [0, 0.1) is 0 Å². The number of hydrogen-bond acceptors (Lipinski definition) is 11. The van der Waals surface area contributed by atoms with Gasteiger partial charge in [0.05, 0.1) is 20.0 Å². The Balaban J connectivity index is 1.60. The van der Waals surface area contributed by atoms with Crippen LogP contribution in [0.5, 0.6) is 17.2 Å². The number of fused-ring (bicyclic) bond motifs is 1. The van der Waals surface area contributed by atoms with E-state index in [4.69, 9.17) is 9.47 Å². The van der Waals surface area contributed by atoms with Gasteiger partial charge in [0, 0.05) is 12.1 Å². The lowest BCUT2D eigenvalue weighted by Gasteiger charge is -2.16. The van der Waals surface area contributed by atoms with Gasteiger partial charge >= 0.3 is 0 Å². The molecule has 12 heteroatoms. The number of rotatable bonds is 6. The van der Waals surface area contributed by atoms with E-state index in [9.17, 15) is 25.5 Å². The first-order valence-electron chi connectivity index (χ1n) is 9.08. The van der Waals surface area contributed by atoms with Crippen molar-refractivity contribution in [2.75, 3.05) is 19.0 Å². The number of hydrogen-bond donors (Lipinski definition) is 6. The van der Waals surface area contributed by atoms with Crippen LogP contribution in [0.3, 0.4) is 0 Å². The molecule has 160 valence electrons. The molecule has 4 atom stereocenters. The van der Waals surface area contributed by atoms with Gasteiger partial charge in [-0.05, 0) is 12.1 Å². The topological polar surface area (TPSA) is 175 Å². The largest absolute Gasteiger partial charge is 0.504 e. The zero-order chi connectivity index (χ0) is 21.4. The minimum Gasteiger partial charge on any atom is -0.504 e. The van der Waals surface area contributed by atoms with Gasteiger partial charge < -0.3 is 40.3 Å². The molecule has 1 saturated heterocycles. The number of imidazole rings is 1. The third kappa shape index (κ3) is 3.25. The van der Waals surface area contributed by atoms with Crippen molar-refractivity contribution < 1.29 is 35.0 Å². The summed E-state index contributed by atoms with van der Waals surface area (Å²) in [6, 6.07) is 3.12. The van der Waals surface area contributed by atoms with Crippen molar-refractivity contribution in [3.05, 3.63) is 30.4 Å². The zero-order valence-electron chi connectivity index (χ0n) is 15.9. The molecule has 30 heavy (non-hydrogen) atoms. The van der Waals surface area contributed by atoms with Crippen molar-refractivity contribution in [2.24, 2.45) is 0 Å². The second-order valence-electron chi connectivity index (χ2n) is 6.75. The Morgan fingerprint density at radius 2 is 1.93 bits per heavy atom. The summed E-state index contributed by atoms with van der Waals surface area (Å²) < 4.78 is 11.9. The summed E-state index contributed by atoms with van der Waals surface area (Å²) in [6.07, 6.45) is -1.75. The minimum atomic E-state index is -1.27. The van der Waals surface area contributed by atoms with Gasteiger partial charge in [-0.1, -0.05) is 0 Å². The summed E-state index contributed by atoms with van der Waals surface area (Å²) in [5.74, 6) is -0.180.